The van der Waals surface area contributed by atoms with Crippen LogP contribution in [0.15, 0.2) is 158 Å². The average Bonchev–Trinajstić information content (AvgIpc) is 3.73. The molecule has 0 N–H and O–H groups in total. The monoisotopic (exact) mass is 598 g/mol. The van der Waals surface area contributed by atoms with Gasteiger partial charge in [0.25, 0.3) is 0 Å². The average molecular weight is 599 g/mol. The maximum atomic E-state index is 6.73. The van der Waals surface area contributed by atoms with Crippen LogP contribution in [-0.2, 0) is 5.41 Å². The van der Waals surface area contributed by atoms with Gasteiger partial charge in [0, 0.05) is 46.6 Å². The highest BCUT2D eigenvalue weighted by atomic mass is 32.1. The van der Waals surface area contributed by atoms with Crippen LogP contribution in [0, 0.1) is 0 Å². The molecule has 208 valence electrons. The van der Waals surface area contributed by atoms with Crippen molar-refractivity contribution in [1.29, 1.82) is 0 Å². The lowest BCUT2D eigenvalue weighted by Gasteiger charge is -2.41. The second-order valence-corrected chi connectivity index (χ2v) is 13.4. The van der Waals surface area contributed by atoms with Gasteiger partial charge in [-0.3, -0.25) is 0 Å². The quantitative estimate of drug-likeness (QED) is 0.196. The molecule has 0 atom stereocenters. The molecule has 1 aliphatic heterocycles. The van der Waals surface area contributed by atoms with E-state index in [1.54, 1.807) is 0 Å². The molecule has 6 aromatic carbocycles. The number of benzene rings is 6. The molecule has 0 saturated carbocycles. The van der Waals surface area contributed by atoms with Crippen molar-refractivity contribution in [2.75, 3.05) is 0 Å². The summed E-state index contributed by atoms with van der Waals surface area (Å²) < 4.78 is 9.41. The van der Waals surface area contributed by atoms with Gasteiger partial charge in [-0.25, -0.2) is 0 Å². The van der Waals surface area contributed by atoms with Crippen LogP contribution in [0.5, 0.6) is 11.5 Å². The number of thiophene rings is 2. The molecule has 0 amide bonds. The van der Waals surface area contributed by atoms with Crippen LogP contribution < -0.4 is 4.74 Å². The molecule has 0 radical (unpaired) electrons. The lowest BCUT2D eigenvalue weighted by Crippen LogP contribution is -2.34. The lowest BCUT2D eigenvalue weighted by molar-refractivity contribution is 0.435. The van der Waals surface area contributed by atoms with Crippen molar-refractivity contribution in [2.45, 2.75) is 5.41 Å². The number of ether oxygens (including phenoxy) is 1. The summed E-state index contributed by atoms with van der Waals surface area (Å²) in [5.41, 5.74) is 6.74. The summed E-state index contributed by atoms with van der Waals surface area (Å²) in [6, 6.07) is 56.9. The Hall–Kier alpha value is -4.96. The molecule has 44 heavy (non-hydrogen) atoms. The maximum absolute atomic E-state index is 6.73. The van der Waals surface area contributed by atoms with Gasteiger partial charge in [-0.15, -0.1) is 22.7 Å². The minimum Gasteiger partial charge on any atom is -0.457 e. The molecule has 3 heterocycles. The van der Waals surface area contributed by atoms with Gasteiger partial charge in [0.15, 0.2) is 0 Å². The fourth-order valence-corrected chi connectivity index (χ4v) is 9.27. The normalized spacial score (nSPS) is 13.4. The van der Waals surface area contributed by atoms with E-state index in [1.807, 2.05) is 22.7 Å². The standard InChI is InChI=1S/C41H26OS2/c1-3-12-28(13-4-1)41(29-14-5-2-6-15-29)33-19-8-9-20-35(33)42-36-26-27(22-23-34(36)41)37-24-25-39(43-37)32-18-11-17-31-30-16-7-10-21-38(30)44-40(31)32/h1-26H. The first-order valence-corrected chi connectivity index (χ1v) is 16.5. The zero-order chi connectivity index (χ0) is 29.1. The topological polar surface area (TPSA) is 9.23 Å². The first-order valence-electron chi connectivity index (χ1n) is 14.8. The van der Waals surface area contributed by atoms with Crippen LogP contribution in [0.2, 0.25) is 0 Å². The van der Waals surface area contributed by atoms with E-state index < -0.39 is 5.41 Å². The number of rotatable bonds is 4. The largest absolute Gasteiger partial charge is 0.457 e. The third kappa shape index (κ3) is 3.77. The maximum Gasteiger partial charge on any atom is 0.132 e. The van der Waals surface area contributed by atoms with Crippen molar-refractivity contribution in [3.8, 4) is 32.4 Å². The number of hydrogen-bond acceptors (Lipinski definition) is 3. The van der Waals surface area contributed by atoms with Gasteiger partial charge >= 0.3 is 0 Å². The molecule has 0 fully saturated rings. The van der Waals surface area contributed by atoms with Gasteiger partial charge in [-0.2, -0.15) is 0 Å². The SMILES string of the molecule is c1ccc(C2(c3ccccc3)c3ccccc3Oc3cc(-c4ccc(-c5cccc6c5sc5ccccc56)s4)ccc32)cc1. The highest BCUT2D eigenvalue weighted by Crippen LogP contribution is 2.56. The predicted molar refractivity (Wildman–Crippen MR) is 186 cm³/mol. The van der Waals surface area contributed by atoms with E-state index in [2.05, 4.69) is 158 Å². The minimum absolute atomic E-state index is 0.497. The summed E-state index contributed by atoms with van der Waals surface area (Å²) in [4.78, 5) is 2.51. The molecule has 9 rings (SSSR count). The third-order valence-electron chi connectivity index (χ3n) is 8.87. The van der Waals surface area contributed by atoms with E-state index in [1.165, 1.54) is 46.6 Å². The van der Waals surface area contributed by atoms with Gasteiger partial charge in [0.05, 0.1) is 5.41 Å². The summed E-state index contributed by atoms with van der Waals surface area (Å²) in [5, 5.41) is 2.66. The van der Waals surface area contributed by atoms with E-state index in [0.717, 1.165) is 28.2 Å². The van der Waals surface area contributed by atoms with E-state index in [-0.39, 0.29) is 0 Å². The summed E-state index contributed by atoms with van der Waals surface area (Å²) in [5.74, 6) is 1.80. The molecular weight excluding hydrogens is 573 g/mol. The van der Waals surface area contributed by atoms with Crippen LogP contribution in [-0.4, -0.2) is 0 Å². The molecule has 0 saturated heterocycles. The Morgan fingerprint density at radius 2 is 1.11 bits per heavy atom. The van der Waals surface area contributed by atoms with Crippen molar-refractivity contribution < 1.29 is 4.74 Å². The summed E-state index contributed by atoms with van der Waals surface area (Å²) in [6.07, 6.45) is 0. The number of para-hydroxylation sites is 1. The first kappa shape index (κ1) is 25.5. The lowest BCUT2D eigenvalue weighted by atomic mass is 9.63. The van der Waals surface area contributed by atoms with Crippen LogP contribution >= 0.6 is 22.7 Å². The highest BCUT2D eigenvalue weighted by molar-refractivity contribution is 7.27. The number of fused-ring (bicyclic) bond motifs is 5. The molecule has 0 aliphatic carbocycles. The smallest absolute Gasteiger partial charge is 0.132 e. The van der Waals surface area contributed by atoms with Crippen LogP contribution in [0.1, 0.15) is 22.3 Å². The van der Waals surface area contributed by atoms with Gasteiger partial charge in [0.2, 0.25) is 0 Å². The molecule has 1 nitrogen and oxygen atoms in total. The number of hydrogen-bond donors (Lipinski definition) is 0. The molecule has 0 bridgehead atoms. The Balaban J connectivity index is 1.21. The zero-order valence-electron chi connectivity index (χ0n) is 23.7. The molecular formula is C41H26OS2. The van der Waals surface area contributed by atoms with Crippen LogP contribution in [0.3, 0.4) is 0 Å². The summed E-state index contributed by atoms with van der Waals surface area (Å²) in [6.45, 7) is 0. The molecule has 0 spiro atoms. The molecule has 1 aliphatic rings. The van der Waals surface area contributed by atoms with E-state index in [9.17, 15) is 0 Å². The fraction of sp³-hybridized carbons (Fsp3) is 0.0244. The second kappa shape index (κ2) is 10.1. The first-order chi connectivity index (χ1) is 21.8. The van der Waals surface area contributed by atoms with Crippen molar-refractivity contribution in [2.24, 2.45) is 0 Å². The van der Waals surface area contributed by atoms with Crippen molar-refractivity contribution in [3.05, 3.63) is 180 Å². The summed E-state index contributed by atoms with van der Waals surface area (Å²) >= 11 is 3.73. The van der Waals surface area contributed by atoms with Crippen LogP contribution in [0.25, 0.3) is 41.1 Å². The zero-order valence-corrected chi connectivity index (χ0v) is 25.4. The van der Waals surface area contributed by atoms with E-state index in [0.29, 0.717) is 0 Å². The molecule has 3 heteroatoms. The Kier molecular flexibility index (Phi) is 5.83. The van der Waals surface area contributed by atoms with Crippen molar-refractivity contribution in [3.63, 3.8) is 0 Å². The minimum atomic E-state index is -0.497. The Bertz CT molecular complexity index is 2270. The second-order valence-electron chi connectivity index (χ2n) is 11.2. The van der Waals surface area contributed by atoms with Gasteiger partial charge in [-0.1, -0.05) is 127 Å². The van der Waals surface area contributed by atoms with E-state index in [4.69, 9.17) is 4.74 Å². The third-order valence-corrected chi connectivity index (χ3v) is 11.3. The van der Waals surface area contributed by atoms with Crippen molar-refractivity contribution >= 4 is 42.8 Å². The summed E-state index contributed by atoms with van der Waals surface area (Å²) in [7, 11) is 0. The van der Waals surface area contributed by atoms with Gasteiger partial charge < -0.3 is 4.74 Å². The highest BCUT2D eigenvalue weighted by Gasteiger charge is 2.45. The van der Waals surface area contributed by atoms with Gasteiger partial charge in [0.1, 0.15) is 11.5 Å². The Morgan fingerprint density at radius 1 is 0.455 bits per heavy atom. The van der Waals surface area contributed by atoms with Crippen LogP contribution in [0.4, 0.5) is 0 Å². The van der Waals surface area contributed by atoms with Gasteiger partial charge in [-0.05, 0) is 47.0 Å². The fourth-order valence-electron chi connectivity index (χ4n) is 6.94. The Morgan fingerprint density at radius 3 is 1.93 bits per heavy atom. The predicted octanol–water partition coefficient (Wildman–Crippen LogP) is 11.9. The molecule has 2 aromatic heterocycles. The van der Waals surface area contributed by atoms with Crippen molar-refractivity contribution in [1.82, 2.24) is 0 Å². The van der Waals surface area contributed by atoms with E-state index >= 15 is 0 Å². The Labute approximate surface area is 264 Å². The molecule has 8 aromatic rings. The molecule has 0 unspecified atom stereocenters.